The zero-order chi connectivity index (χ0) is 12.1. The molecule has 0 bridgehead atoms. The van der Waals surface area contributed by atoms with E-state index in [9.17, 15) is 9.59 Å². The minimum Gasteiger partial charge on any atom is -0.368 e. The second-order valence-electron chi connectivity index (χ2n) is 4.37. The van der Waals surface area contributed by atoms with Crippen LogP contribution in [-0.2, 0) is 9.59 Å². The molecule has 2 atom stereocenters. The van der Waals surface area contributed by atoms with Crippen LogP contribution in [0, 0.1) is 5.92 Å². The number of carbonyl (C=O) groups excluding carboxylic acids is 2. The van der Waals surface area contributed by atoms with E-state index in [2.05, 4.69) is 0 Å². The maximum Gasteiger partial charge on any atom is 0.237 e. The third kappa shape index (κ3) is 3.20. The lowest BCUT2D eigenvalue weighted by Gasteiger charge is -2.31. The Balaban J connectivity index is 2.62. The minimum atomic E-state index is -0.473. The van der Waals surface area contributed by atoms with Crippen molar-refractivity contribution in [3.05, 3.63) is 0 Å². The molecule has 1 aliphatic carbocycles. The Labute approximate surface area is 96.1 Å². The van der Waals surface area contributed by atoms with Gasteiger partial charge in [-0.3, -0.25) is 9.59 Å². The molecule has 92 valence electrons. The summed E-state index contributed by atoms with van der Waals surface area (Å²) in [5.41, 5.74) is 11.0. The third-order valence-corrected chi connectivity index (χ3v) is 3.18. The average molecular weight is 227 g/mol. The number of carbonyl (C=O) groups is 2. The van der Waals surface area contributed by atoms with Gasteiger partial charge in [0, 0.05) is 12.6 Å². The van der Waals surface area contributed by atoms with E-state index in [-0.39, 0.29) is 24.4 Å². The van der Waals surface area contributed by atoms with E-state index in [1.807, 2.05) is 6.92 Å². The molecule has 0 spiro atoms. The van der Waals surface area contributed by atoms with Gasteiger partial charge in [-0.15, -0.1) is 0 Å². The summed E-state index contributed by atoms with van der Waals surface area (Å²) in [7, 11) is 0. The van der Waals surface area contributed by atoms with Crippen LogP contribution in [0.15, 0.2) is 0 Å². The van der Waals surface area contributed by atoms with Gasteiger partial charge < -0.3 is 16.4 Å². The highest BCUT2D eigenvalue weighted by molar-refractivity contribution is 5.85. The molecule has 0 radical (unpaired) electrons. The van der Waals surface area contributed by atoms with Crippen molar-refractivity contribution in [1.82, 2.24) is 4.90 Å². The first-order chi connectivity index (χ1) is 7.56. The van der Waals surface area contributed by atoms with Crippen LogP contribution in [0.4, 0.5) is 0 Å². The molecule has 0 saturated heterocycles. The summed E-state index contributed by atoms with van der Waals surface area (Å²) in [6.45, 7) is 2.35. The Morgan fingerprint density at radius 3 is 2.44 bits per heavy atom. The maximum absolute atomic E-state index is 12.1. The summed E-state index contributed by atoms with van der Waals surface area (Å²) in [6.07, 6.45) is 3.85. The van der Waals surface area contributed by atoms with Gasteiger partial charge in [0.25, 0.3) is 0 Å². The molecular weight excluding hydrogens is 206 g/mol. The lowest BCUT2D eigenvalue weighted by atomic mass is 9.84. The fourth-order valence-electron chi connectivity index (χ4n) is 2.23. The quantitative estimate of drug-likeness (QED) is 0.699. The smallest absolute Gasteiger partial charge is 0.237 e. The molecule has 0 aliphatic heterocycles. The molecule has 0 heterocycles. The molecule has 5 nitrogen and oxygen atoms in total. The molecule has 1 fully saturated rings. The Morgan fingerprint density at radius 1 is 1.31 bits per heavy atom. The molecule has 0 aromatic rings. The molecular formula is C11H21N3O2. The highest BCUT2D eigenvalue weighted by Crippen LogP contribution is 2.24. The van der Waals surface area contributed by atoms with E-state index in [1.54, 1.807) is 0 Å². The number of primary amides is 1. The number of nitrogens with zero attached hydrogens (tertiary/aromatic N) is 1. The van der Waals surface area contributed by atoms with Crippen LogP contribution in [-0.4, -0.2) is 35.8 Å². The first kappa shape index (κ1) is 13.0. The molecule has 2 amide bonds. The van der Waals surface area contributed by atoms with Crippen LogP contribution in [0.25, 0.3) is 0 Å². The van der Waals surface area contributed by atoms with Gasteiger partial charge in [-0.05, 0) is 19.8 Å². The maximum atomic E-state index is 12.1. The zero-order valence-electron chi connectivity index (χ0n) is 9.82. The summed E-state index contributed by atoms with van der Waals surface area (Å²) in [4.78, 5) is 24.4. The summed E-state index contributed by atoms with van der Waals surface area (Å²) in [5.74, 6) is -0.624. The first-order valence-electron chi connectivity index (χ1n) is 5.89. The largest absolute Gasteiger partial charge is 0.368 e. The van der Waals surface area contributed by atoms with Crippen LogP contribution >= 0.6 is 0 Å². The lowest BCUT2D eigenvalue weighted by molar-refractivity contribution is -0.139. The van der Waals surface area contributed by atoms with Gasteiger partial charge in [-0.1, -0.05) is 12.8 Å². The van der Waals surface area contributed by atoms with E-state index in [1.165, 1.54) is 4.90 Å². The second kappa shape index (κ2) is 5.84. The Kier molecular flexibility index (Phi) is 4.73. The van der Waals surface area contributed by atoms with Gasteiger partial charge in [0.2, 0.25) is 11.8 Å². The van der Waals surface area contributed by atoms with Crippen molar-refractivity contribution in [2.45, 2.75) is 38.6 Å². The van der Waals surface area contributed by atoms with Crippen LogP contribution < -0.4 is 11.5 Å². The summed E-state index contributed by atoms with van der Waals surface area (Å²) < 4.78 is 0. The topological polar surface area (TPSA) is 89.4 Å². The second-order valence-corrected chi connectivity index (χ2v) is 4.37. The van der Waals surface area contributed by atoms with E-state index in [0.29, 0.717) is 6.54 Å². The molecule has 1 rings (SSSR count). The highest BCUT2D eigenvalue weighted by atomic mass is 16.2. The van der Waals surface area contributed by atoms with Gasteiger partial charge in [-0.2, -0.15) is 0 Å². The highest BCUT2D eigenvalue weighted by Gasteiger charge is 2.31. The lowest BCUT2D eigenvalue weighted by Crippen LogP contribution is -2.48. The first-order valence-corrected chi connectivity index (χ1v) is 5.89. The Hall–Kier alpha value is -1.10. The number of likely N-dealkylation sites (N-methyl/N-ethyl adjacent to an activating group) is 1. The SMILES string of the molecule is CCN(CC(N)=O)C(=O)C1CCCCC1N. The van der Waals surface area contributed by atoms with Gasteiger partial charge in [0.05, 0.1) is 12.5 Å². The van der Waals surface area contributed by atoms with Crippen LogP contribution in [0.5, 0.6) is 0 Å². The summed E-state index contributed by atoms with van der Waals surface area (Å²) in [5, 5.41) is 0. The van der Waals surface area contributed by atoms with Gasteiger partial charge in [0.1, 0.15) is 0 Å². The minimum absolute atomic E-state index is 0.00144. The van der Waals surface area contributed by atoms with E-state index >= 15 is 0 Å². The third-order valence-electron chi connectivity index (χ3n) is 3.18. The predicted molar refractivity (Wildman–Crippen MR) is 61.4 cm³/mol. The van der Waals surface area contributed by atoms with Crippen molar-refractivity contribution >= 4 is 11.8 Å². The molecule has 16 heavy (non-hydrogen) atoms. The van der Waals surface area contributed by atoms with Gasteiger partial charge >= 0.3 is 0 Å². The van der Waals surface area contributed by atoms with Crippen LogP contribution in [0.1, 0.15) is 32.6 Å². The van der Waals surface area contributed by atoms with E-state index in [4.69, 9.17) is 11.5 Å². The van der Waals surface area contributed by atoms with E-state index < -0.39 is 5.91 Å². The standard InChI is InChI=1S/C11H21N3O2/c1-2-14(7-10(13)15)11(16)8-5-3-4-6-9(8)12/h8-9H,2-7,12H2,1H3,(H2,13,15). The van der Waals surface area contributed by atoms with Crippen LogP contribution in [0.3, 0.4) is 0 Å². The van der Waals surface area contributed by atoms with Crippen LogP contribution in [0.2, 0.25) is 0 Å². The molecule has 4 N–H and O–H groups in total. The van der Waals surface area contributed by atoms with Crippen molar-refractivity contribution < 1.29 is 9.59 Å². The molecule has 0 aromatic heterocycles. The van der Waals surface area contributed by atoms with Crippen molar-refractivity contribution in [2.24, 2.45) is 17.4 Å². The van der Waals surface area contributed by atoms with Gasteiger partial charge in [-0.25, -0.2) is 0 Å². The predicted octanol–water partition coefficient (Wildman–Crippen LogP) is -0.162. The number of rotatable bonds is 4. The fraction of sp³-hybridized carbons (Fsp3) is 0.818. The fourth-order valence-corrected chi connectivity index (χ4v) is 2.23. The van der Waals surface area contributed by atoms with Crippen molar-refractivity contribution in [3.63, 3.8) is 0 Å². The van der Waals surface area contributed by atoms with Crippen molar-refractivity contribution in [1.29, 1.82) is 0 Å². The number of hydrogen-bond acceptors (Lipinski definition) is 3. The van der Waals surface area contributed by atoms with Crippen molar-refractivity contribution in [3.8, 4) is 0 Å². The monoisotopic (exact) mass is 227 g/mol. The van der Waals surface area contributed by atoms with Gasteiger partial charge in [0.15, 0.2) is 0 Å². The van der Waals surface area contributed by atoms with Crippen molar-refractivity contribution in [2.75, 3.05) is 13.1 Å². The number of amides is 2. The van der Waals surface area contributed by atoms with E-state index in [0.717, 1.165) is 25.7 Å². The zero-order valence-corrected chi connectivity index (χ0v) is 9.82. The Bertz CT molecular complexity index is 268. The molecule has 1 saturated carbocycles. The molecule has 2 unspecified atom stereocenters. The number of nitrogens with two attached hydrogens (primary N) is 2. The molecule has 0 aromatic carbocycles. The normalized spacial score (nSPS) is 25.1. The molecule has 1 aliphatic rings. The summed E-state index contributed by atoms with van der Waals surface area (Å²) in [6, 6.07) is -0.0665. The summed E-state index contributed by atoms with van der Waals surface area (Å²) >= 11 is 0. The Morgan fingerprint density at radius 2 is 1.94 bits per heavy atom. The average Bonchev–Trinajstić information content (AvgIpc) is 2.25. The number of hydrogen-bond donors (Lipinski definition) is 2. The molecule has 5 heteroatoms.